The highest BCUT2D eigenvalue weighted by Crippen LogP contribution is 2.41. The number of pyridine rings is 1. The van der Waals surface area contributed by atoms with Crippen LogP contribution in [0.5, 0.6) is 0 Å². The smallest absolute Gasteiger partial charge is 0.251 e. The molecule has 1 amide bonds. The van der Waals surface area contributed by atoms with Gasteiger partial charge in [0.05, 0.1) is 17.1 Å². The van der Waals surface area contributed by atoms with Crippen LogP contribution in [0, 0.1) is 6.92 Å². The molecule has 2 heterocycles. The highest BCUT2D eigenvalue weighted by molar-refractivity contribution is 7.99. The van der Waals surface area contributed by atoms with Crippen LogP contribution >= 0.6 is 11.8 Å². The van der Waals surface area contributed by atoms with Gasteiger partial charge in [-0.15, -0.1) is 0 Å². The van der Waals surface area contributed by atoms with Crippen molar-refractivity contribution in [2.45, 2.75) is 54.4 Å². The summed E-state index contributed by atoms with van der Waals surface area (Å²) in [6.45, 7) is 1.94. The Kier molecular flexibility index (Phi) is 5.74. The zero-order chi connectivity index (χ0) is 23.0. The lowest BCUT2D eigenvalue weighted by Crippen LogP contribution is -2.40. The second-order valence-electron chi connectivity index (χ2n) is 8.51. The Morgan fingerprint density at radius 1 is 1.03 bits per heavy atom. The molecule has 1 fully saturated rings. The van der Waals surface area contributed by atoms with Crippen molar-refractivity contribution in [3.05, 3.63) is 83.2 Å². The molecule has 1 aliphatic heterocycles. The molecule has 2 aliphatic rings. The first-order chi connectivity index (χ1) is 15.9. The Morgan fingerprint density at radius 3 is 2.61 bits per heavy atom. The van der Waals surface area contributed by atoms with Gasteiger partial charge in [-0.2, -0.15) is 0 Å². The molecule has 2 aromatic carbocycles. The second kappa shape index (κ2) is 8.71. The first kappa shape index (κ1) is 21.8. The molecule has 1 N–H and O–H groups in total. The molecule has 7 heteroatoms. The van der Waals surface area contributed by atoms with Crippen LogP contribution in [0.2, 0.25) is 0 Å². The van der Waals surface area contributed by atoms with E-state index in [4.69, 9.17) is 4.99 Å². The van der Waals surface area contributed by atoms with Crippen LogP contribution in [0.3, 0.4) is 0 Å². The third-order valence-corrected chi connectivity index (χ3v) is 7.14. The number of alkyl halides is 2. The number of fused-ring (bicyclic) bond motifs is 2. The van der Waals surface area contributed by atoms with Crippen LogP contribution in [-0.4, -0.2) is 28.6 Å². The van der Waals surface area contributed by atoms with Crippen LogP contribution in [-0.2, 0) is 0 Å². The number of aliphatic imine (C=N–C) groups is 1. The average molecular weight is 464 g/mol. The van der Waals surface area contributed by atoms with E-state index in [0.29, 0.717) is 11.3 Å². The minimum absolute atomic E-state index is 0.186. The lowest BCUT2D eigenvalue weighted by atomic mass is 9.92. The summed E-state index contributed by atoms with van der Waals surface area (Å²) in [5.41, 5.74) is 4.58. The minimum atomic E-state index is -2.62. The van der Waals surface area contributed by atoms with Gasteiger partial charge < -0.3 is 5.32 Å². The van der Waals surface area contributed by atoms with E-state index in [1.165, 1.54) is 0 Å². The molecular weight excluding hydrogens is 440 g/mol. The molecule has 0 bridgehead atoms. The quantitative estimate of drug-likeness (QED) is 0.386. The maximum absolute atomic E-state index is 13.4. The Balaban J connectivity index is 1.48. The summed E-state index contributed by atoms with van der Waals surface area (Å²) in [6.07, 6.45) is 0.203. The number of carbonyl (C=O) groups is 1. The van der Waals surface area contributed by atoms with Crippen LogP contribution < -0.4 is 5.32 Å². The molecule has 168 valence electrons. The van der Waals surface area contributed by atoms with E-state index in [9.17, 15) is 13.6 Å². The van der Waals surface area contributed by atoms with E-state index < -0.39 is 5.92 Å². The minimum Gasteiger partial charge on any atom is -0.349 e. The van der Waals surface area contributed by atoms with Crippen molar-refractivity contribution in [2.24, 2.45) is 4.99 Å². The van der Waals surface area contributed by atoms with Gasteiger partial charge in [0.15, 0.2) is 0 Å². The molecule has 4 nitrogen and oxygen atoms in total. The van der Waals surface area contributed by atoms with Crippen molar-refractivity contribution in [1.82, 2.24) is 10.3 Å². The predicted octanol–water partition coefficient (Wildman–Crippen LogP) is 6.33. The fourth-order valence-electron chi connectivity index (χ4n) is 4.21. The number of benzene rings is 2. The Bertz CT molecular complexity index is 1250. The molecule has 1 aliphatic carbocycles. The monoisotopic (exact) mass is 463 g/mol. The SMILES string of the molecule is Cc1cccc(C2=Nc3cc(C(=O)NC4CCC(F)(F)CC4)ccc3Sc3ccccc32)n1. The fourth-order valence-corrected chi connectivity index (χ4v) is 5.21. The van der Waals surface area contributed by atoms with Gasteiger partial charge in [0.2, 0.25) is 5.92 Å². The summed E-state index contributed by atoms with van der Waals surface area (Å²) in [6, 6.07) is 19.1. The maximum Gasteiger partial charge on any atom is 0.251 e. The first-order valence-electron chi connectivity index (χ1n) is 11.0. The molecule has 0 unspecified atom stereocenters. The van der Waals surface area contributed by atoms with Crippen LogP contribution in [0.1, 0.15) is 53.0 Å². The fraction of sp³-hybridized carbons (Fsp3) is 0.269. The molecule has 3 aromatic rings. The highest BCUT2D eigenvalue weighted by atomic mass is 32.2. The zero-order valence-electron chi connectivity index (χ0n) is 18.1. The van der Waals surface area contributed by atoms with E-state index in [2.05, 4.69) is 16.4 Å². The van der Waals surface area contributed by atoms with Crippen molar-refractivity contribution < 1.29 is 13.6 Å². The largest absolute Gasteiger partial charge is 0.349 e. The van der Waals surface area contributed by atoms with Gasteiger partial charge in [0.1, 0.15) is 0 Å². The van der Waals surface area contributed by atoms with Gasteiger partial charge in [-0.05, 0) is 56.2 Å². The van der Waals surface area contributed by atoms with E-state index in [0.717, 1.165) is 32.5 Å². The number of hydrogen-bond donors (Lipinski definition) is 1. The molecule has 0 atom stereocenters. The molecule has 33 heavy (non-hydrogen) atoms. The van der Waals surface area contributed by atoms with Gasteiger partial charge in [0.25, 0.3) is 5.91 Å². The van der Waals surface area contributed by atoms with E-state index >= 15 is 0 Å². The number of rotatable bonds is 3. The summed E-state index contributed by atoms with van der Waals surface area (Å²) in [5, 5.41) is 2.92. The number of aryl methyl sites for hydroxylation is 1. The Labute approximate surface area is 195 Å². The van der Waals surface area contributed by atoms with Crippen molar-refractivity contribution in [3.8, 4) is 0 Å². The van der Waals surface area contributed by atoms with E-state index in [1.54, 1.807) is 23.9 Å². The van der Waals surface area contributed by atoms with Crippen molar-refractivity contribution in [1.29, 1.82) is 0 Å². The molecular formula is C26H23F2N3OS. The van der Waals surface area contributed by atoms with Crippen molar-refractivity contribution in [2.75, 3.05) is 0 Å². The van der Waals surface area contributed by atoms with E-state index in [-0.39, 0.29) is 37.6 Å². The van der Waals surface area contributed by atoms with Gasteiger partial charge >= 0.3 is 0 Å². The topological polar surface area (TPSA) is 54.4 Å². The summed E-state index contributed by atoms with van der Waals surface area (Å²) >= 11 is 1.60. The van der Waals surface area contributed by atoms with Crippen molar-refractivity contribution >= 4 is 29.1 Å². The highest BCUT2D eigenvalue weighted by Gasteiger charge is 2.35. The predicted molar refractivity (Wildman–Crippen MR) is 126 cm³/mol. The van der Waals surface area contributed by atoms with Gasteiger partial charge in [-0.1, -0.05) is 36.0 Å². The van der Waals surface area contributed by atoms with Gasteiger partial charge in [0, 0.05) is 45.5 Å². The number of carbonyl (C=O) groups excluding carboxylic acids is 1. The second-order valence-corrected chi connectivity index (χ2v) is 9.59. The van der Waals surface area contributed by atoms with E-state index in [1.807, 2.05) is 49.4 Å². The number of halogens is 2. The summed E-state index contributed by atoms with van der Waals surface area (Å²) < 4.78 is 26.9. The Morgan fingerprint density at radius 2 is 1.82 bits per heavy atom. The molecule has 0 spiro atoms. The van der Waals surface area contributed by atoms with Crippen LogP contribution in [0.25, 0.3) is 0 Å². The van der Waals surface area contributed by atoms with Gasteiger partial charge in [-0.3, -0.25) is 9.78 Å². The first-order valence-corrected chi connectivity index (χ1v) is 11.8. The third kappa shape index (κ3) is 4.69. The number of hydrogen-bond acceptors (Lipinski definition) is 4. The maximum atomic E-state index is 13.4. The average Bonchev–Trinajstić information content (AvgIpc) is 2.96. The lowest BCUT2D eigenvalue weighted by molar-refractivity contribution is -0.0399. The lowest BCUT2D eigenvalue weighted by Gasteiger charge is -2.28. The normalized spacial score (nSPS) is 17.4. The van der Waals surface area contributed by atoms with Crippen molar-refractivity contribution in [3.63, 3.8) is 0 Å². The van der Waals surface area contributed by atoms with Gasteiger partial charge in [-0.25, -0.2) is 13.8 Å². The molecule has 0 radical (unpaired) electrons. The number of nitrogens with one attached hydrogen (secondary N) is 1. The molecule has 5 rings (SSSR count). The molecule has 1 saturated carbocycles. The molecule has 1 aromatic heterocycles. The van der Waals surface area contributed by atoms with Crippen LogP contribution in [0.4, 0.5) is 14.5 Å². The molecule has 0 saturated heterocycles. The third-order valence-electron chi connectivity index (χ3n) is 6.00. The summed E-state index contributed by atoms with van der Waals surface area (Å²) in [5.74, 6) is -2.88. The zero-order valence-corrected chi connectivity index (χ0v) is 19.0. The number of nitrogens with zero attached hydrogens (tertiary/aromatic N) is 2. The number of aromatic nitrogens is 1. The van der Waals surface area contributed by atoms with Crippen LogP contribution in [0.15, 0.2) is 75.4 Å². The standard InChI is InChI=1S/C26H23F2N3OS/c1-16-5-4-7-20(29-16)24-19-6-2-3-8-22(19)33-23-10-9-17(15-21(23)31-24)25(32)30-18-11-13-26(27,28)14-12-18/h2-10,15,18H,11-14H2,1H3,(H,30,32). The summed E-state index contributed by atoms with van der Waals surface area (Å²) in [4.78, 5) is 24.5. The Hall–Kier alpha value is -3.06. The number of amides is 1. The summed E-state index contributed by atoms with van der Waals surface area (Å²) in [7, 11) is 0.